The zero-order valence-corrected chi connectivity index (χ0v) is 9.15. The summed E-state index contributed by atoms with van der Waals surface area (Å²) < 4.78 is 0. The summed E-state index contributed by atoms with van der Waals surface area (Å²) in [6, 6.07) is 2.40. The van der Waals surface area contributed by atoms with Crippen molar-refractivity contribution in [2.75, 3.05) is 0 Å². The van der Waals surface area contributed by atoms with E-state index in [2.05, 4.69) is 39.1 Å². The molecule has 0 aliphatic carbocycles. The maximum absolute atomic E-state index is 8.94. The van der Waals surface area contributed by atoms with Crippen molar-refractivity contribution in [2.24, 2.45) is 5.92 Å². The van der Waals surface area contributed by atoms with E-state index in [1.165, 1.54) is 0 Å². The Morgan fingerprint density at radius 1 is 1.23 bits per heavy atom. The predicted molar refractivity (Wildman–Crippen MR) is 54.2 cm³/mol. The molecule has 74 valence electrons. The van der Waals surface area contributed by atoms with Crippen LogP contribution in [0.15, 0.2) is 0 Å². The van der Waals surface area contributed by atoms with Gasteiger partial charge in [-0.3, -0.25) is 0 Å². The molecule has 1 unspecified atom stereocenters. The van der Waals surface area contributed by atoms with Crippen LogP contribution in [0.3, 0.4) is 0 Å². The minimum Gasteiger partial charge on any atom is -0.307 e. The van der Waals surface area contributed by atoms with E-state index in [4.69, 9.17) is 5.26 Å². The van der Waals surface area contributed by atoms with E-state index < -0.39 is 0 Å². The average molecular weight is 180 g/mol. The molecule has 1 heterocycles. The lowest BCUT2D eigenvalue weighted by Crippen LogP contribution is -2.50. The molecule has 0 aromatic carbocycles. The van der Waals surface area contributed by atoms with Crippen LogP contribution in [0.2, 0.25) is 0 Å². The minimum atomic E-state index is 0.0976. The number of hydrogen-bond donors (Lipinski definition) is 1. The highest BCUT2D eigenvalue weighted by molar-refractivity contribution is 4.99. The van der Waals surface area contributed by atoms with Crippen LogP contribution in [0.25, 0.3) is 0 Å². The molecule has 0 amide bonds. The standard InChI is InChI=1S/C11H20N2/c1-10(2)6-5-9(8-12)7-11(3,4)13-10/h9,13H,5-7H2,1-4H3. The monoisotopic (exact) mass is 180 g/mol. The van der Waals surface area contributed by atoms with Gasteiger partial charge in [0.05, 0.1) is 6.07 Å². The van der Waals surface area contributed by atoms with Crippen LogP contribution < -0.4 is 5.32 Å². The molecular weight excluding hydrogens is 160 g/mol. The third-order valence-corrected chi connectivity index (χ3v) is 2.73. The van der Waals surface area contributed by atoms with Gasteiger partial charge in [0, 0.05) is 17.0 Å². The van der Waals surface area contributed by atoms with Crippen LogP contribution >= 0.6 is 0 Å². The lowest BCUT2D eigenvalue weighted by atomic mass is 9.91. The van der Waals surface area contributed by atoms with Crippen molar-refractivity contribution in [3.05, 3.63) is 0 Å². The minimum absolute atomic E-state index is 0.0976. The fourth-order valence-electron chi connectivity index (χ4n) is 2.39. The van der Waals surface area contributed by atoms with Crippen molar-refractivity contribution in [1.82, 2.24) is 5.32 Å². The molecule has 1 rings (SSSR count). The molecule has 0 saturated carbocycles. The number of nitrogens with one attached hydrogen (secondary N) is 1. The summed E-state index contributed by atoms with van der Waals surface area (Å²) in [4.78, 5) is 0. The molecule has 1 N–H and O–H groups in total. The third-order valence-electron chi connectivity index (χ3n) is 2.73. The quantitative estimate of drug-likeness (QED) is 0.621. The second kappa shape index (κ2) is 3.31. The van der Waals surface area contributed by atoms with E-state index in [0.717, 1.165) is 19.3 Å². The largest absolute Gasteiger partial charge is 0.307 e. The molecule has 2 heteroatoms. The first-order valence-electron chi connectivity index (χ1n) is 5.04. The van der Waals surface area contributed by atoms with E-state index in [-0.39, 0.29) is 17.0 Å². The molecule has 0 radical (unpaired) electrons. The van der Waals surface area contributed by atoms with Crippen molar-refractivity contribution < 1.29 is 0 Å². The Bertz CT molecular complexity index is 223. The summed E-state index contributed by atoms with van der Waals surface area (Å²) in [7, 11) is 0. The van der Waals surface area contributed by atoms with Gasteiger partial charge in [-0.2, -0.15) is 5.26 Å². The van der Waals surface area contributed by atoms with E-state index in [9.17, 15) is 0 Å². The van der Waals surface area contributed by atoms with Gasteiger partial charge in [0.25, 0.3) is 0 Å². The fourth-order valence-corrected chi connectivity index (χ4v) is 2.39. The zero-order valence-electron chi connectivity index (χ0n) is 9.15. The van der Waals surface area contributed by atoms with Crippen LogP contribution in [-0.2, 0) is 0 Å². The van der Waals surface area contributed by atoms with Gasteiger partial charge in [-0.15, -0.1) is 0 Å². The Morgan fingerprint density at radius 2 is 1.85 bits per heavy atom. The molecule has 1 saturated heterocycles. The predicted octanol–water partition coefficient (Wildman–Crippen LogP) is 2.46. The molecule has 1 fully saturated rings. The van der Waals surface area contributed by atoms with Gasteiger partial charge in [0.1, 0.15) is 0 Å². The van der Waals surface area contributed by atoms with Gasteiger partial charge in [0.15, 0.2) is 0 Å². The molecule has 1 atom stereocenters. The van der Waals surface area contributed by atoms with Gasteiger partial charge < -0.3 is 5.32 Å². The van der Waals surface area contributed by atoms with Gasteiger partial charge in [-0.05, 0) is 47.0 Å². The maximum atomic E-state index is 8.94. The Morgan fingerprint density at radius 3 is 2.38 bits per heavy atom. The molecular formula is C11H20N2. The van der Waals surface area contributed by atoms with Crippen LogP contribution in [-0.4, -0.2) is 11.1 Å². The highest BCUT2D eigenvalue weighted by Crippen LogP contribution is 2.30. The molecule has 2 nitrogen and oxygen atoms in total. The van der Waals surface area contributed by atoms with Crippen LogP contribution in [0.5, 0.6) is 0 Å². The Labute approximate surface area is 81.3 Å². The lowest BCUT2D eigenvalue weighted by molar-refractivity contribution is 0.266. The summed E-state index contributed by atoms with van der Waals surface area (Å²) in [5.41, 5.74) is 0.273. The van der Waals surface area contributed by atoms with E-state index in [0.29, 0.717) is 0 Å². The van der Waals surface area contributed by atoms with Crippen LogP contribution in [0.1, 0.15) is 47.0 Å². The molecule has 0 bridgehead atoms. The second-order valence-corrected chi connectivity index (χ2v) is 5.46. The number of nitriles is 1. The van der Waals surface area contributed by atoms with Gasteiger partial charge in [-0.1, -0.05) is 0 Å². The normalized spacial score (nSPS) is 31.8. The molecule has 0 aromatic rings. The van der Waals surface area contributed by atoms with Crippen LogP contribution in [0.4, 0.5) is 0 Å². The lowest BCUT2D eigenvalue weighted by Gasteiger charge is -2.34. The first-order chi connectivity index (χ1) is 5.85. The summed E-state index contributed by atoms with van der Waals surface area (Å²) >= 11 is 0. The van der Waals surface area contributed by atoms with E-state index in [1.807, 2.05) is 0 Å². The summed E-state index contributed by atoms with van der Waals surface area (Å²) in [6.07, 6.45) is 3.08. The summed E-state index contributed by atoms with van der Waals surface area (Å²) in [6.45, 7) is 8.80. The Hall–Kier alpha value is -0.550. The van der Waals surface area contributed by atoms with Crippen molar-refractivity contribution in [3.63, 3.8) is 0 Å². The zero-order chi connectivity index (χ0) is 10.1. The first kappa shape index (κ1) is 10.5. The van der Waals surface area contributed by atoms with Gasteiger partial charge in [-0.25, -0.2) is 0 Å². The number of nitrogens with zero attached hydrogens (tertiary/aromatic N) is 1. The highest BCUT2D eigenvalue weighted by Gasteiger charge is 2.33. The molecule has 0 spiro atoms. The summed E-state index contributed by atoms with van der Waals surface area (Å²) in [5, 5.41) is 12.5. The van der Waals surface area contributed by atoms with Crippen LogP contribution in [0, 0.1) is 17.2 Å². The Balaban J connectivity index is 2.76. The molecule has 0 aromatic heterocycles. The number of hydrogen-bond acceptors (Lipinski definition) is 2. The average Bonchev–Trinajstić information content (AvgIpc) is 2.04. The van der Waals surface area contributed by atoms with E-state index in [1.54, 1.807) is 0 Å². The molecule has 1 aliphatic rings. The SMILES string of the molecule is CC1(C)CCC(C#N)CC(C)(C)N1. The number of rotatable bonds is 0. The Kier molecular flexibility index (Phi) is 2.68. The fraction of sp³-hybridized carbons (Fsp3) is 0.909. The molecule has 1 aliphatic heterocycles. The van der Waals surface area contributed by atoms with Gasteiger partial charge in [0.2, 0.25) is 0 Å². The smallest absolute Gasteiger partial charge is 0.0656 e. The topological polar surface area (TPSA) is 35.8 Å². The second-order valence-electron chi connectivity index (χ2n) is 5.46. The van der Waals surface area contributed by atoms with Crippen molar-refractivity contribution in [1.29, 1.82) is 5.26 Å². The molecule has 13 heavy (non-hydrogen) atoms. The highest BCUT2D eigenvalue weighted by atomic mass is 15.0. The van der Waals surface area contributed by atoms with E-state index >= 15 is 0 Å². The van der Waals surface area contributed by atoms with Crippen molar-refractivity contribution in [3.8, 4) is 6.07 Å². The van der Waals surface area contributed by atoms with Crippen molar-refractivity contribution in [2.45, 2.75) is 58.0 Å². The van der Waals surface area contributed by atoms with Crippen molar-refractivity contribution >= 4 is 0 Å². The maximum Gasteiger partial charge on any atom is 0.0656 e. The summed E-state index contributed by atoms with van der Waals surface area (Å²) in [5.74, 6) is 0.226. The first-order valence-corrected chi connectivity index (χ1v) is 5.04. The van der Waals surface area contributed by atoms with Gasteiger partial charge >= 0.3 is 0 Å². The third kappa shape index (κ3) is 3.00.